The van der Waals surface area contributed by atoms with Gasteiger partial charge in [-0.25, -0.2) is 9.18 Å². The number of piperazine rings is 1. The molecule has 1 aliphatic carbocycles. The Bertz CT molecular complexity index is 1640. The van der Waals surface area contributed by atoms with Gasteiger partial charge in [-0.3, -0.25) is 14.5 Å². The number of oxime groups is 1. The van der Waals surface area contributed by atoms with Gasteiger partial charge in [0.2, 0.25) is 5.43 Å². The van der Waals surface area contributed by atoms with Gasteiger partial charge in [0, 0.05) is 55.9 Å². The van der Waals surface area contributed by atoms with Crippen LogP contribution >= 0.6 is 0 Å². The van der Waals surface area contributed by atoms with Gasteiger partial charge < -0.3 is 24.3 Å². The molecule has 214 valence electrons. The summed E-state index contributed by atoms with van der Waals surface area (Å²) in [4.78, 5) is 48.4. The summed E-state index contributed by atoms with van der Waals surface area (Å²) in [5, 5.41) is 13.5. The van der Waals surface area contributed by atoms with E-state index in [1.807, 2.05) is 34.6 Å². The Labute approximate surface area is 236 Å². The number of rotatable bonds is 8. The van der Waals surface area contributed by atoms with Crippen LogP contribution in [0, 0.1) is 12.7 Å². The fraction of sp³-hybridized carbons (Fsp3) is 0.400. The van der Waals surface area contributed by atoms with Gasteiger partial charge >= 0.3 is 5.97 Å². The average molecular weight is 562 g/mol. The molecule has 6 rings (SSSR count). The third-order valence-corrected chi connectivity index (χ3v) is 8.17. The predicted octanol–water partition coefficient (Wildman–Crippen LogP) is 3.39. The maximum atomic E-state index is 15.3. The van der Waals surface area contributed by atoms with Gasteiger partial charge in [-0.15, -0.1) is 0 Å². The van der Waals surface area contributed by atoms with Gasteiger partial charge in [0.25, 0.3) is 5.91 Å². The van der Waals surface area contributed by atoms with E-state index in [1.54, 1.807) is 11.0 Å². The number of carbonyl (C=O) groups excluding carboxylic acids is 1. The Morgan fingerprint density at radius 1 is 1.07 bits per heavy atom. The van der Waals surface area contributed by atoms with Crippen molar-refractivity contribution in [3.05, 3.63) is 69.3 Å². The minimum absolute atomic E-state index is 0.101. The number of fused-ring (bicyclic) bond motifs is 2. The van der Waals surface area contributed by atoms with Crippen molar-refractivity contribution in [1.29, 1.82) is 0 Å². The van der Waals surface area contributed by atoms with E-state index in [1.165, 1.54) is 19.4 Å². The molecule has 1 N–H and O–H groups in total. The van der Waals surface area contributed by atoms with Crippen molar-refractivity contribution in [2.75, 3.05) is 56.2 Å². The van der Waals surface area contributed by atoms with Crippen LogP contribution in [-0.4, -0.2) is 78.5 Å². The van der Waals surface area contributed by atoms with Crippen LogP contribution in [0.4, 0.5) is 15.8 Å². The van der Waals surface area contributed by atoms with Crippen LogP contribution in [0.1, 0.15) is 46.8 Å². The van der Waals surface area contributed by atoms with Crippen molar-refractivity contribution in [3.63, 3.8) is 0 Å². The van der Waals surface area contributed by atoms with Gasteiger partial charge in [-0.2, -0.15) is 0 Å². The predicted molar refractivity (Wildman–Crippen MR) is 154 cm³/mol. The van der Waals surface area contributed by atoms with Crippen LogP contribution in [0.15, 0.2) is 46.5 Å². The Kier molecular flexibility index (Phi) is 6.98. The van der Waals surface area contributed by atoms with Crippen molar-refractivity contribution in [2.45, 2.75) is 32.2 Å². The average Bonchev–Trinajstić information content (AvgIpc) is 3.76. The highest BCUT2D eigenvalue weighted by molar-refractivity contribution is 6.54. The van der Waals surface area contributed by atoms with E-state index in [0.717, 1.165) is 55.7 Å². The Hall–Kier alpha value is -4.25. The zero-order valence-electron chi connectivity index (χ0n) is 23.1. The molecule has 0 radical (unpaired) electrons. The molecule has 1 saturated heterocycles. The van der Waals surface area contributed by atoms with Gasteiger partial charge in [0.15, 0.2) is 5.71 Å². The van der Waals surface area contributed by atoms with E-state index >= 15 is 4.39 Å². The van der Waals surface area contributed by atoms with Crippen LogP contribution in [0.5, 0.6) is 0 Å². The number of pyridine rings is 1. The first-order valence-corrected chi connectivity index (χ1v) is 13.9. The molecule has 1 saturated carbocycles. The summed E-state index contributed by atoms with van der Waals surface area (Å²) >= 11 is 0. The Morgan fingerprint density at radius 2 is 1.83 bits per heavy atom. The maximum absolute atomic E-state index is 15.3. The SMILES string of the molecule is CO/N=C1/C(=O)N(CCCN2CCN(c3cc4c(cc3F)c(=O)c(C(=O)O)cn4C3CC3)CC2)c2ccc(C)cc21. The summed E-state index contributed by atoms with van der Waals surface area (Å²) in [5.41, 5.74) is 3.00. The number of carboxylic acid groups (broad SMARTS) is 1. The van der Waals surface area contributed by atoms with Crippen molar-refractivity contribution in [2.24, 2.45) is 5.16 Å². The van der Waals surface area contributed by atoms with Crippen LogP contribution in [-0.2, 0) is 9.63 Å². The summed E-state index contributed by atoms with van der Waals surface area (Å²) in [6.07, 6.45) is 3.97. The number of anilines is 2. The third-order valence-electron chi connectivity index (χ3n) is 8.17. The highest BCUT2D eigenvalue weighted by Gasteiger charge is 2.34. The number of aromatic nitrogens is 1. The number of aromatic carboxylic acids is 1. The molecular weight excluding hydrogens is 529 g/mol. The van der Waals surface area contributed by atoms with Crippen LogP contribution in [0.2, 0.25) is 0 Å². The molecule has 2 aliphatic heterocycles. The quantitative estimate of drug-likeness (QED) is 0.420. The highest BCUT2D eigenvalue weighted by atomic mass is 19.1. The fourth-order valence-electron chi connectivity index (χ4n) is 5.90. The van der Waals surface area contributed by atoms with Crippen molar-refractivity contribution in [3.8, 4) is 0 Å². The molecule has 1 amide bonds. The van der Waals surface area contributed by atoms with E-state index in [9.17, 15) is 19.5 Å². The number of carboxylic acids is 1. The van der Waals surface area contributed by atoms with Gasteiger partial charge in [-0.1, -0.05) is 16.8 Å². The second-order valence-corrected chi connectivity index (χ2v) is 10.9. The standard InChI is InChI=1S/C30H32FN5O5/c1-18-4-7-24-20(14-18)27(32-41-2)29(38)35(24)9-3-8-33-10-12-34(13-11-33)26-16-25-21(15-23(26)31)28(37)22(30(39)40)17-36(25)19-5-6-19/h4,7,14-17,19H,3,5-6,8-13H2,1-2H3,(H,39,40)/b32-27+. The molecule has 2 fully saturated rings. The third kappa shape index (κ3) is 4.94. The molecule has 0 spiro atoms. The second-order valence-electron chi connectivity index (χ2n) is 10.9. The summed E-state index contributed by atoms with van der Waals surface area (Å²) in [7, 11) is 1.43. The van der Waals surface area contributed by atoms with Crippen molar-refractivity contribution in [1.82, 2.24) is 9.47 Å². The summed E-state index contributed by atoms with van der Waals surface area (Å²) in [6, 6.07) is 8.89. The molecule has 3 heterocycles. The Morgan fingerprint density at radius 3 is 2.51 bits per heavy atom. The smallest absolute Gasteiger partial charge is 0.341 e. The molecule has 41 heavy (non-hydrogen) atoms. The number of benzene rings is 2. The highest BCUT2D eigenvalue weighted by Crippen LogP contribution is 2.38. The molecule has 1 aromatic heterocycles. The normalized spacial score (nSPS) is 18.4. The number of nitrogens with zero attached hydrogens (tertiary/aromatic N) is 5. The lowest BCUT2D eigenvalue weighted by Crippen LogP contribution is -2.47. The molecule has 0 unspecified atom stereocenters. The van der Waals surface area contributed by atoms with Gasteiger partial charge in [-0.05, 0) is 57.0 Å². The van der Waals surface area contributed by atoms with E-state index in [0.29, 0.717) is 36.6 Å². The zero-order chi connectivity index (χ0) is 28.8. The summed E-state index contributed by atoms with van der Waals surface area (Å²) < 4.78 is 17.1. The molecular formula is C30H32FN5O5. The van der Waals surface area contributed by atoms with E-state index < -0.39 is 17.2 Å². The van der Waals surface area contributed by atoms with Crippen molar-refractivity contribution < 1.29 is 23.9 Å². The molecule has 3 aromatic rings. The summed E-state index contributed by atoms with van der Waals surface area (Å²) in [6.45, 7) is 5.98. The number of carbonyl (C=O) groups is 2. The van der Waals surface area contributed by atoms with E-state index in [4.69, 9.17) is 4.84 Å². The first-order valence-electron chi connectivity index (χ1n) is 13.9. The van der Waals surface area contributed by atoms with E-state index in [2.05, 4.69) is 10.1 Å². The monoisotopic (exact) mass is 561 g/mol. The van der Waals surface area contributed by atoms with Gasteiger partial charge in [0.1, 0.15) is 18.5 Å². The van der Waals surface area contributed by atoms with Crippen LogP contribution in [0.25, 0.3) is 10.9 Å². The molecule has 2 aromatic carbocycles. The number of hydrogen-bond acceptors (Lipinski definition) is 7. The minimum Gasteiger partial charge on any atom is -0.477 e. The number of halogens is 1. The second kappa shape index (κ2) is 10.6. The maximum Gasteiger partial charge on any atom is 0.341 e. The van der Waals surface area contributed by atoms with Crippen LogP contribution in [0.3, 0.4) is 0 Å². The van der Waals surface area contributed by atoms with Crippen LogP contribution < -0.4 is 15.2 Å². The molecule has 10 nitrogen and oxygen atoms in total. The first kappa shape index (κ1) is 26.9. The molecule has 0 atom stereocenters. The fourth-order valence-corrected chi connectivity index (χ4v) is 5.90. The van der Waals surface area contributed by atoms with Crippen molar-refractivity contribution >= 4 is 39.9 Å². The largest absolute Gasteiger partial charge is 0.477 e. The lowest BCUT2D eigenvalue weighted by molar-refractivity contribution is -0.112. The number of hydrogen-bond donors (Lipinski definition) is 1. The zero-order valence-corrected chi connectivity index (χ0v) is 23.1. The number of aryl methyl sites for hydroxylation is 1. The lowest BCUT2D eigenvalue weighted by Gasteiger charge is -2.36. The summed E-state index contributed by atoms with van der Waals surface area (Å²) in [5.74, 6) is -1.99. The molecule has 11 heteroatoms. The van der Waals surface area contributed by atoms with E-state index in [-0.39, 0.29) is 22.9 Å². The minimum atomic E-state index is -1.30. The topological polar surface area (TPSA) is 108 Å². The first-order chi connectivity index (χ1) is 19.8. The van der Waals surface area contributed by atoms with Gasteiger partial charge in [0.05, 0.1) is 16.9 Å². The molecule has 0 bridgehead atoms. The number of amides is 1. The Balaban J connectivity index is 1.12. The molecule has 3 aliphatic rings. The lowest BCUT2D eigenvalue weighted by atomic mass is 10.1.